The molecule has 0 aliphatic heterocycles. The molecule has 1 N–H and O–H groups in total. The van der Waals surface area contributed by atoms with Gasteiger partial charge in [0.05, 0.1) is 0 Å². The number of hydrogen-bond acceptors (Lipinski definition) is 2. The molecule has 1 aliphatic rings. The molecule has 0 saturated heterocycles. The lowest BCUT2D eigenvalue weighted by Gasteiger charge is -2.09. The van der Waals surface area contributed by atoms with E-state index in [2.05, 4.69) is 29.6 Å². The number of anilines is 1. The molecule has 2 heteroatoms. The number of ether oxygens (including phenoxy) is 1. The fraction of sp³-hybridized carbons (Fsp3) is 0.294. The Morgan fingerprint density at radius 3 is 2.63 bits per heavy atom. The van der Waals surface area contributed by atoms with Crippen LogP contribution in [0, 0.1) is 5.92 Å². The van der Waals surface area contributed by atoms with Crippen LogP contribution in [0.5, 0.6) is 5.75 Å². The third-order valence-electron chi connectivity index (χ3n) is 3.37. The van der Waals surface area contributed by atoms with Crippen molar-refractivity contribution in [3.63, 3.8) is 0 Å². The first kappa shape index (κ1) is 12.1. The molecule has 0 unspecified atom stereocenters. The summed E-state index contributed by atoms with van der Waals surface area (Å²) in [7, 11) is 0. The van der Waals surface area contributed by atoms with Gasteiger partial charge in [0, 0.05) is 18.3 Å². The SMILES string of the molecule is c1ccc(COc2cccc(NCC3CC3)c2)cc1. The standard InChI is InChI=1S/C17H19NO/c1-2-5-15(6-3-1)13-19-17-8-4-7-16(11-17)18-12-14-9-10-14/h1-8,11,14,18H,9-10,12-13H2. The summed E-state index contributed by atoms with van der Waals surface area (Å²) in [6.45, 7) is 1.70. The van der Waals surface area contributed by atoms with Crippen molar-refractivity contribution < 1.29 is 4.74 Å². The van der Waals surface area contributed by atoms with Crippen LogP contribution >= 0.6 is 0 Å². The van der Waals surface area contributed by atoms with Gasteiger partial charge in [-0.05, 0) is 36.5 Å². The van der Waals surface area contributed by atoms with Crippen LogP contribution < -0.4 is 10.1 Å². The van der Waals surface area contributed by atoms with Crippen LogP contribution in [0.15, 0.2) is 54.6 Å². The first-order valence-electron chi connectivity index (χ1n) is 6.91. The molecule has 2 aromatic rings. The highest BCUT2D eigenvalue weighted by Crippen LogP contribution is 2.29. The maximum Gasteiger partial charge on any atom is 0.121 e. The summed E-state index contributed by atoms with van der Waals surface area (Å²) in [5.41, 5.74) is 2.34. The molecule has 0 bridgehead atoms. The van der Waals surface area contributed by atoms with E-state index in [1.165, 1.54) is 18.4 Å². The minimum absolute atomic E-state index is 0.618. The lowest BCUT2D eigenvalue weighted by molar-refractivity contribution is 0.306. The summed E-state index contributed by atoms with van der Waals surface area (Å²) < 4.78 is 5.82. The Labute approximate surface area is 114 Å². The molecule has 98 valence electrons. The zero-order valence-electron chi connectivity index (χ0n) is 11.0. The maximum atomic E-state index is 5.82. The van der Waals surface area contributed by atoms with Gasteiger partial charge in [-0.1, -0.05) is 36.4 Å². The topological polar surface area (TPSA) is 21.3 Å². The van der Waals surface area contributed by atoms with Crippen LogP contribution in [-0.2, 0) is 6.61 Å². The van der Waals surface area contributed by atoms with E-state index in [1.807, 2.05) is 30.3 Å². The van der Waals surface area contributed by atoms with Crippen molar-refractivity contribution in [1.29, 1.82) is 0 Å². The van der Waals surface area contributed by atoms with Crippen molar-refractivity contribution in [2.24, 2.45) is 5.92 Å². The third kappa shape index (κ3) is 3.75. The lowest BCUT2D eigenvalue weighted by Crippen LogP contribution is -2.03. The highest BCUT2D eigenvalue weighted by Gasteiger charge is 2.20. The summed E-state index contributed by atoms with van der Waals surface area (Å²) >= 11 is 0. The van der Waals surface area contributed by atoms with Gasteiger partial charge in [-0.3, -0.25) is 0 Å². The molecule has 1 fully saturated rings. The summed E-state index contributed by atoms with van der Waals surface area (Å²) in [6.07, 6.45) is 2.74. The van der Waals surface area contributed by atoms with Gasteiger partial charge in [-0.25, -0.2) is 0 Å². The van der Waals surface area contributed by atoms with E-state index in [9.17, 15) is 0 Å². The third-order valence-corrected chi connectivity index (χ3v) is 3.37. The molecule has 1 aliphatic carbocycles. The average Bonchev–Trinajstić information content (AvgIpc) is 3.29. The van der Waals surface area contributed by atoms with E-state index in [-0.39, 0.29) is 0 Å². The molecular formula is C17H19NO. The monoisotopic (exact) mass is 253 g/mol. The molecule has 0 heterocycles. The van der Waals surface area contributed by atoms with Crippen molar-refractivity contribution in [2.75, 3.05) is 11.9 Å². The van der Waals surface area contributed by atoms with E-state index in [1.54, 1.807) is 0 Å². The molecule has 1 saturated carbocycles. The number of hydrogen-bond donors (Lipinski definition) is 1. The van der Waals surface area contributed by atoms with Gasteiger partial charge in [0.2, 0.25) is 0 Å². The zero-order chi connectivity index (χ0) is 12.9. The molecule has 0 atom stereocenters. The second-order valence-electron chi connectivity index (χ2n) is 5.13. The van der Waals surface area contributed by atoms with Gasteiger partial charge in [0.15, 0.2) is 0 Å². The normalized spacial score (nSPS) is 14.1. The Morgan fingerprint density at radius 2 is 1.84 bits per heavy atom. The van der Waals surface area contributed by atoms with Crippen LogP contribution in [-0.4, -0.2) is 6.54 Å². The van der Waals surface area contributed by atoms with Gasteiger partial charge >= 0.3 is 0 Å². The van der Waals surface area contributed by atoms with Gasteiger partial charge < -0.3 is 10.1 Å². The van der Waals surface area contributed by atoms with Crippen LogP contribution in [0.25, 0.3) is 0 Å². The second kappa shape index (κ2) is 5.79. The summed E-state index contributed by atoms with van der Waals surface area (Å²) in [4.78, 5) is 0. The maximum absolute atomic E-state index is 5.82. The quantitative estimate of drug-likeness (QED) is 0.837. The van der Waals surface area contributed by atoms with Crippen LogP contribution in [0.4, 0.5) is 5.69 Å². The first-order chi connectivity index (χ1) is 9.40. The molecule has 2 nitrogen and oxygen atoms in total. The fourth-order valence-corrected chi connectivity index (χ4v) is 2.02. The first-order valence-corrected chi connectivity index (χ1v) is 6.91. The Balaban J connectivity index is 1.56. The minimum atomic E-state index is 0.618. The fourth-order valence-electron chi connectivity index (χ4n) is 2.02. The molecule has 2 aromatic carbocycles. The molecular weight excluding hydrogens is 234 g/mol. The summed E-state index contributed by atoms with van der Waals surface area (Å²) in [5.74, 6) is 1.80. The van der Waals surface area contributed by atoms with E-state index >= 15 is 0 Å². The van der Waals surface area contributed by atoms with Crippen LogP contribution in [0.1, 0.15) is 18.4 Å². The summed E-state index contributed by atoms with van der Waals surface area (Å²) in [5, 5.41) is 3.47. The predicted octanol–water partition coefficient (Wildman–Crippen LogP) is 4.09. The highest BCUT2D eigenvalue weighted by atomic mass is 16.5. The van der Waals surface area contributed by atoms with E-state index < -0.39 is 0 Å². The van der Waals surface area contributed by atoms with Gasteiger partial charge in [-0.2, -0.15) is 0 Å². The Morgan fingerprint density at radius 1 is 1.00 bits per heavy atom. The molecule has 0 radical (unpaired) electrons. The lowest BCUT2D eigenvalue weighted by atomic mass is 10.2. The van der Waals surface area contributed by atoms with Crippen LogP contribution in [0.3, 0.4) is 0 Å². The van der Waals surface area contributed by atoms with E-state index in [0.717, 1.165) is 23.9 Å². The van der Waals surface area contributed by atoms with Crippen molar-refractivity contribution >= 4 is 5.69 Å². The molecule has 0 aromatic heterocycles. The van der Waals surface area contributed by atoms with Crippen molar-refractivity contribution in [3.05, 3.63) is 60.2 Å². The van der Waals surface area contributed by atoms with Gasteiger partial charge in [0.25, 0.3) is 0 Å². The van der Waals surface area contributed by atoms with Crippen molar-refractivity contribution in [1.82, 2.24) is 0 Å². The molecule has 0 amide bonds. The molecule has 0 spiro atoms. The smallest absolute Gasteiger partial charge is 0.121 e. The van der Waals surface area contributed by atoms with Crippen LogP contribution in [0.2, 0.25) is 0 Å². The second-order valence-corrected chi connectivity index (χ2v) is 5.13. The number of rotatable bonds is 6. The highest BCUT2D eigenvalue weighted by molar-refractivity contribution is 5.48. The minimum Gasteiger partial charge on any atom is -0.489 e. The summed E-state index contributed by atoms with van der Waals surface area (Å²) in [6, 6.07) is 18.5. The van der Waals surface area contributed by atoms with Gasteiger partial charge in [-0.15, -0.1) is 0 Å². The number of benzene rings is 2. The zero-order valence-corrected chi connectivity index (χ0v) is 11.0. The Bertz CT molecular complexity index is 520. The Hall–Kier alpha value is -1.96. The van der Waals surface area contributed by atoms with Crippen molar-refractivity contribution in [3.8, 4) is 5.75 Å². The van der Waals surface area contributed by atoms with Gasteiger partial charge in [0.1, 0.15) is 12.4 Å². The van der Waals surface area contributed by atoms with Crippen molar-refractivity contribution in [2.45, 2.75) is 19.4 Å². The molecule has 3 rings (SSSR count). The van der Waals surface area contributed by atoms with E-state index in [0.29, 0.717) is 6.61 Å². The number of nitrogens with one attached hydrogen (secondary N) is 1. The van der Waals surface area contributed by atoms with E-state index in [4.69, 9.17) is 4.74 Å². The molecule has 19 heavy (non-hydrogen) atoms. The Kier molecular flexibility index (Phi) is 3.68. The predicted molar refractivity (Wildman–Crippen MR) is 78.4 cm³/mol. The average molecular weight is 253 g/mol. The largest absolute Gasteiger partial charge is 0.489 e.